The van der Waals surface area contributed by atoms with Crippen LogP contribution in [0.4, 0.5) is 0 Å². The average Bonchev–Trinajstić information content (AvgIpc) is 2.39. The fraction of sp³-hybridized carbons (Fsp3) is 0.400. The zero-order valence-electron chi connectivity index (χ0n) is 11.2. The molecule has 0 saturated carbocycles. The lowest BCUT2D eigenvalue weighted by molar-refractivity contribution is -0.169. The highest BCUT2D eigenvalue weighted by Gasteiger charge is 2.42. The van der Waals surface area contributed by atoms with Gasteiger partial charge < -0.3 is 14.2 Å². The molecule has 2 rings (SSSR count). The number of rotatable bonds is 6. The monoisotopic (exact) mass is 262 g/mol. The summed E-state index contributed by atoms with van der Waals surface area (Å²) in [6, 6.07) is 9.68. The quantitative estimate of drug-likeness (QED) is 0.341. The first-order valence-electron chi connectivity index (χ1n) is 6.22. The van der Waals surface area contributed by atoms with Gasteiger partial charge in [-0.1, -0.05) is 30.3 Å². The van der Waals surface area contributed by atoms with Gasteiger partial charge in [0.2, 0.25) is 0 Å². The second-order valence-corrected chi connectivity index (χ2v) is 4.56. The van der Waals surface area contributed by atoms with Crippen molar-refractivity contribution in [1.29, 1.82) is 0 Å². The Labute approximate surface area is 113 Å². The van der Waals surface area contributed by atoms with Crippen LogP contribution in [-0.4, -0.2) is 32.6 Å². The summed E-state index contributed by atoms with van der Waals surface area (Å²) < 4.78 is 15.2. The van der Waals surface area contributed by atoms with Crippen LogP contribution in [0.1, 0.15) is 18.4 Å². The molecule has 0 unspecified atom stereocenters. The van der Waals surface area contributed by atoms with Crippen molar-refractivity contribution in [2.45, 2.75) is 18.9 Å². The van der Waals surface area contributed by atoms with Gasteiger partial charge in [-0.2, -0.15) is 0 Å². The second kappa shape index (κ2) is 6.50. The fourth-order valence-electron chi connectivity index (χ4n) is 2.07. The van der Waals surface area contributed by atoms with E-state index in [0.717, 1.165) is 11.1 Å². The number of carbonyl (C=O) groups is 1. The summed E-state index contributed by atoms with van der Waals surface area (Å²) in [5, 5.41) is 0. The molecule has 1 aromatic rings. The molecule has 0 amide bonds. The van der Waals surface area contributed by atoms with Crippen molar-refractivity contribution in [2.75, 3.05) is 20.5 Å². The van der Waals surface area contributed by atoms with Crippen LogP contribution in [0.15, 0.2) is 42.0 Å². The maximum absolute atomic E-state index is 11.6. The van der Waals surface area contributed by atoms with Crippen LogP contribution in [0, 0.1) is 0 Å². The van der Waals surface area contributed by atoms with Crippen molar-refractivity contribution in [3.05, 3.63) is 47.5 Å². The minimum atomic E-state index is -0.196. The Balaban J connectivity index is 1.98. The van der Waals surface area contributed by atoms with Crippen LogP contribution >= 0.6 is 0 Å². The molecule has 1 aliphatic rings. The molecule has 2 atom stereocenters. The summed E-state index contributed by atoms with van der Waals surface area (Å²) in [4.78, 5) is 11.6. The predicted molar refractivity (Wildman–Crippen MR) is 70.6 cm³/mol. The van der Waals surface area contributed by atoms with E-state index >= 15 is 0 Å². The van der Waals surface area contributed by atoms with Crippen LogP contribution in [0.3, 0.4) is 0 Å². The summed E-state index contributed by atoms with van der Waals surface area (Å²) in [5.41, 5.74) is 2.01. The number of benzene rings is 1. The first-order chi connectivity index (χ1) is 9.22. The third kappa shape index (κ3) is 3.43. The van der Waals surface area contributed by atoms with Gasteiger partial charge in [-0.3, -0.25) is 4.79 Å². The lowest BCUT2D eigenvalue weighted by atomic mass is 9.88. The molecule has 1 saturated heterocycles. The number of esters is 1. The highest BCUT2D eigenvalue weighted by molar-refractivity contribution is 5.85. The summed E-state index contributed by atoms with van der Waals surface area (Å²) in [6.07, 6.45) is 1.75. The highest BCUT2D eigenvalue weighted by atomic mass is 16.7. The van der Waals surface area contributed by atoms with Crippen molar-refractivity contribution in [1.82, 2.24) is 0 Å². The maximum atomic E-state index is 11.6. The normalized spacial score (nSPS) is 22.8. The Morgan fingerprint density at radius 2 is 2.11 bits per heavy atom. The Morgan fingerprint density at radius 3 is 2.74 bits per heavy atom. The molecular weight excluding hydrogens is 244 g/mol. The number of cyclic esters (lactones) is 1. The molecule has 0 bridgehead atoms. The average molecular weight is 262 g/mol. The lowest BCUT2D eigenvalue weighted by Gasteiger charge is -2.33. The van der Waals surface area contributed by atoms with E-state index in [1.54, 1.807) is 7.11 Å². The Morgan fingerprint density at radius 1 is 1.37 bits per heavy atom. The molecule has 1 heterocycles. The summed E-state index contributed by atoms with van der Waals surface area (Å²) in [6.45, 7) is 2.69. The molecular formula is C15H18O4. The number of ether oxygens (including phenoxy) is 3. The molecule has 0 aromatic heterocycles. The minimum absolute atomic E-state index is 0.168. The summed E-state index contributed by atoms with van der Waals surface area (Å²) >= 11 is 0. The minimum Gasteiger partial charge on any atom is -0.456 e. The smallest absolute Gasteiger partial charge is 0.318 e. The van der Waals surface area contributed by atoms with Crippen LogP contribution in [0.2, 0.25) is 0 Å². The standard InChI is InChI=1S/C15H18O4/c1-11(9-18-10-17-2)8-13-14(15(16)19-13)12-6-4-3-5-7-12/h3-8,13-14H,9-10H2,1-2H3/b11-8+/t13-,14+/m0/s1. The van der Waals surface area contributed by atoms with E-state index in [0.29, 0.717) is 6.61 Å². The number of carbonyl (C=O) groups excluding carboxylic acids is 1. The largest absolute Gasteiger partial charge is 0.456 e. The molecule has 102 valence electrons. The van der Waals surface area contributed by atoms with Crippen LogP contribution in [0.5, 0.6) is 0 Å². The van der Waals surface area contributed by atoms with Crippen molar-refractivity contribution in [3.63, 3.8) is 0 Å². The lowest BCUT2D eigenvalue weighted by Crippen LogP contribution is -2.41. The molecule has 0 aliphatic carbocycles. The molecule has 1 aromatic carbocycles. The van der Waals surface area contributed by atoms with E-state index in [-0.39, 0.29) is 24.8 Å². The Hall–Kier alpha value is -1.65. The molecule has 19 heavy (non-hydrogen) atoms. The third-order valence-electron chi connectivity index (χ3n) is 2.97. The Kier molecular flexibility index (Phi) is 4.71. The SMILES string of the molecule is COCOC/C(C)=C/[C@@H]1OC(=O)[C@@H]1c1ccccc1. The van der Waals surface area contributed by atoms with Crippen molar-refractivity contribution in [3.8, 4) is 0 Å². The maximum Gasteiger partial charge on any atom is 0.318 e. The molecule has 0 radical (unpaired) electrons. The number of hydrogen-bond donors (Lipinski definition) is 0. The fourth-order valence-corrected chi connectivity index (χ4v) is 2.07. The van der Waals surface area contributed by atoms with E-state index in [1.807, 2.05) is 43.3 Å². The zero-order valence-corrected chi connectivity index (χ0v) is 11.2. The third-order valence-corrected chi connectivity index (χ3v) is 2.97. The highest BCUT2D eigenvalue weighted by Crippen LogP contribution is 2.33. The second-order valence-electron chi connectivity index (χ2n) is 4.56. The van der Waals surface area contributed by atoms with Gasteiger partial charge in [-0.15, -0.1) is 0 Å². The number of hydrogen-bond acceptors (Lipinski definition) is 4. The van der Waals surface area contributed by atoms with Gasteiger partial charge in [-0.05, 0) is 24.1 Å². The molecule has 0 spiro atoms. The van der Waals surface area contributed by atoms with Crippen molar-refractivity contribution >= 4 is 5.97 Å². The van der Waals surface area contributed by atoms with E-state index in [9.17, 15) is 4.79 Å². The van der Waals surface area contributed by atoms with E-state index in [1.165, 1.54) is 0 Å². The molecule has 4 nitrogen and oxygen atoms in total. The number of methoxy groups -OCH3 is 1. The molecule has 0 N–H and O–H groups in total. The summed E-state index contributed by atoms with van der Waals surface area (Å²) in [7, 11) is 1.58. The van der Waals surface area contributed by atoms with Gasteiger partial charge in [0.15, 0.2) is 0 Å². The van der Waals surface area contributed by atoms with Crippen LogP contribution < -0.4 is 0 Å². The van der Waals surface area contributed by atoms with Crippen molar-refractivity contribution < 1.29 is 19.0 Å². The van der Waals surface area contributed by atoms with E-state index in [2.05, 4.69) is 0 Å². The van der Waals surface area contributed by atoms with E-state index < -0.39 is 0 Å². The predicted octanol–water partition coefficient (Wildman–Crippen LogP) is 2.26. The van der Waals surface area contributed by atoms with Crippen LogP contribution in [0.25, 0.3) is 0 Å². The van der Waals surface area contributed by atoms with Crippen LogP contribution in [-0.2, 0) is 19.0 Å². The van der Waals surface area contributed by atoms with Gasteiger partial charge in [0, 0.05) is 7.11 Å². The Bertz CT molecular complexity index is 452. The van der Waals surface area contributed by atoms with Gasteiger partial charge in [-0.25, -0.2) is 0 Å². The topological polar surface area (TPSA) is 44.8 Å². The van der Waals surface area contributed by atoms with Crippen molar-refractivity contribution in [2.24, 2.45) is 0 Å². The summed E-state index contributed by atoms with van der Waals surface area (Å²) in [5.74, 6) is -0.364. The van der Waals surface area contributed by atoms with Gasteiger partial charge in [0.1, 0.15) is 18.8 Å². The van der Waals surface area contributed by atoms with Gasteiger partial charge >= 0.3 is 5.97 Å². The molecule has 4 heteroatoms. The first kappa shape index (κ1) is 13.8. The van der Waals surface area contributed by atoms with Gasteiger partial charge in [0.25, 0.3) is 0 Å². The molecule has 1 fully saturated rings. The van der Waals surface area contributed by atoms with E-state index in [4.69, 9.17) is 14.2 Å². The first-order valence-corrected chi connectivity index (χ1v) is 6.22. The molecule has 1 aliphatic heterocycles. The van der Waals surface area contributed by atoms with Gasteiger partial charge in [0.05, 0.1) is 6.61 Å². The zero-order chi connectivity index (χ0) is 13.7.